The van der Waals surface area contributed by atoms with E-state index in [4.69, 9.17) is 0 Å². The Balaban J connectivity index is 1.34. The minimum absolute atomic E-state index is 0.0666. The van der Waals surface area contributed by atoms with E-state index in [1.807, 2.05) is 50.2 Å². The average Bonchev–Trinajstić information content (AvgIpc) is 3.26. The summed E-state index contributed by atoms with van der Waals surface area (Å²) >= 11 is 0. The Labute approximate surface area is 201 Å². The number of nitrogens with zero attached hydrogens (tertiary/aromatic N) is 3. The Bertz CT molecular complexity index is 1210. The van der Waals surface area contributed by atoms with E-state index in [2.05, 4.69) is 27.4 Å². The Morgan fingerprint density at radius 2 is 1.79 bits per heavy atom. The number of H-pyrrole nitrogens is 1. The van der Waals surface area contributed by atoms with Gasteiger partial charge in [0.2, 0.25) is 5.91 Å². The van der Waals surface area contributed by atoms with Gasteiger partial charge in [-0.3, -0.25) is 4.79 Å². The molecule has 9 heteroatoms. The normalized spacial score (nSPS) is 15.7. The fourth-order valence-electron chi connectivity index (χ4n) is 4.47. The Morgan fingerprint density at radius 3 is 2.47 bits per heavy atom. The van der Waals surface area contributed by atoms with E-state index in [0.717, 1.165) is 29.7 Å². The van der Waals surface area contributed by atoms with E-state index in [-0.39, 0.29) is 11.8 Å². The van der Waals surface area contributed by atoms with Crippen LogP contribution in [-0.4, -0.2) is 59.1 Å². The van der Waals surface area contributed by atoms with Crippen LogP contribution in [0.3, 0.4) is 0 Å². The molecular formula is C25H33N5O3S. The molecule has 2 aromatic carbocycles. The molecule has 2 heterocycles. The molecule has 4 rings (SSSR count). The number of nitrogens with one attached hydrogen (secondary N) is 2. The summed E-state index contributed by atoms with van der Waals surface area (Å²) in [5, 5.41) is 3.00. The van der Waals surface area contributed by atoms with Crippen LogP contribution in [0.4, 0.5) is 5.69 Å². The van der Waals surface area contributed by atoms with Crippen molar-refractivity contribution in [3.8, 4) is 0 Å². The number of benzene rings is 2. The standard InChI is InChI=1S/C25H33N5O3S/c1-3-29(4-2)34(32,33)30-16-14-20(15-17-30)25(31)26-21-11-12-22-23(18-21)28-24(27-22)13-10-19-8-6-5-7-9-19/h5-9,11-12,18,20H,3-4,10,13-17H2,1-2H3,(H,26,31)(H,27,28). The first kappa shape index (κ1) is 24.4. The second-order valence-electron chi connectivity index (χ2n) is 8.66. The molecule has 1 aromatic heterocycles. The molecule has 182 valence electrons. The lowest BCUT2D eigenvalue weighted by Crippen LogP contribution is -2.48. The second kappa shape index (κ2) is 10.7. The third-order valence-corrected chi connectivity index (χ3v) is 8.66. The van der Waals surface area contributed by atoms with Gasteiger partial charge in [-0.2, -0.15) is 17.0 Å². The Hall–Kier alpha value is -2.75. The van der Waals surface area contributed by atoms with Crippen molar-refractivity contribution in [3.63, 3.8) is 0 Å². The van der Waals surface area contributed by atoms with Crippen molar-refractivity contribution in [1.82, 2.24) is 18.6 Å². The molecule has 1 aliphatic rings. The number of amides is 1. The van der Waals surface area contributed by atoms with Gasteiger partial charge in [-0.15, -0.1) is 0 Å². The van der Waals surface area contributed by atoms with E-state index >= 15 is 0 Å². The van der Waals surface area contributed by atoms with Gasteiger partial charge < -0.3 is 10.3 Å². The lowest BCUT2D eigenvalue weighted by atomic mass is 9.97. The van der Waals surface area contributed by atoms with E-state index in [9.17, 15) is 13.2 Å². The third kappa shape index (κ3) is 5.48. The average molecular weight is 484 g/mol. The number of anilines is 1. The molecule has 1 amide bonds. The van der Waals surface area contributed by atoms with Crippen molar-refractivity contribution >= 4 is 32.8 Å². The van der Waals surface area contributed by atoms with E-state index < -0.39 is 10.2 Å². The number of aromatic amines is 1. The minimum atomic E-state index is -3.45. The minimum Gasteiger partial charge on any atom is -0.342 e. The molecule has 2 N–H and O–H groups in total. The highest BCUT2D eigenvalue weighted by Crippen LogP contribution is 2.24. The molecular weight excluding hydrogens is 450 g/mol. The first-order valence-electron chi connectivity index (χ1n) is 12.0. The number of hydrogen-bond donors (Lipinski definition) is 2. The van der Waals surface area contributed by atoms with Gasteiger partial charge in [0.15, 0.2) is 0 Å². The number of carbonyl (C=O) groups is 1. The number of piperidine rings is 1. The first-order valence-corrected chi connectivity index (χ1v) is 13.4. The molecule has 0 saturated carbocycles. The van der Waals surface area contributed by atoms with Crippen molar-refractivity contribution < 1.29 is 13.2 Å². The summed E-state index contributed by atoms with van der Waals surface area (Å²) in [6.07, 6.45) is 2.76. The van der Waals surface area contributed by atoms with Gasteiger partial charge >= 0.3 is 0 Å². The molecule has 34 heavy (non-hydrogen) atoms. The smallest absolute Gasteiger partial charge is 0.281 e. The van der Waals surface area contributed by atoms with Gasteiger partial charge in [0.05, 0.1) is 11.0 Å². The number of aromatic nitrogens is 2. The maximum Gasteiger partial charge on any atom is 0.281 e. The van der Waals surface area contributed by atoms with E-state index in [1.54, 1.807) is 0 Å². The summed E-state index contributed by atoms with van der Waals surface area (Å²) in [7, 11) is -3.45. The summed E-state index contributed by atoms with van der Waals surface area (Å²) < 4.78 is 28.4. The zero-order valence-corrected chi connectivity index (χ0v) is 20.6. The van der Waals surface area contributed by atoms with Crippen LogP contribution in [0.15, 0.2) is 48.5 Å². The molecule has 0 atom stereocenters. The third-order valence-electron chi connectivity index (χ3n) is 6.47. The zero-order valence-electron chi connectivity index (χ0n) is 19.8. The first-order chi connectivity index (χ1) is 16.4. The summed E-state index contributed by atoms with van der Waals surface area (Å²) in [5.74, 6) is 0.647. The van der Waals surface area contributed by atoms with Crippen molar-refractivity contribution in [3.05, 3.63) is 59.9 Å². The van der Waals surface area contributed by atoms with Crippen LogP contribution in [0.5, 0.6) is 0 Å². The van der Waals surface area contributed by atoms with Crippen LogP contribution >= 0.6 is 0 Å². The molecule has 1 aliphatic heterocycles. The van der Waals surface area contributed by atoms with Gasteiger partial charge in [-0.1, -0.05) is 44.2 Å². The Kier molecular flexibility index (Phi) is 7.65. The Morgan fingerprint density at radius 1 is 1.09 bits per heavy atom. The quantitative estimate of drug-likeness (QED) is 0.486. The van der Waals surface area contributed by atoms with Crippen LogP contribution < -0.4 is 5.32 Å². The largest absolute Gasteiger partial charge is 0.342 e. The number of fused-ring (bicyclic) bond motifs is 1. The number of imidazole rings is 1. The molecule has 8 nitrogen and oxygen atoms in total. The van der Waals surface area contributed by atoms with E-state index in [0.29, 0.717) is 44.7 Å². The van der Waals surface area contributed by atoms with Crippen molar-refractivity contribution in [2.45, 2.75) is 39.5 Å². The maximum atomic E-state index is 12.9. The van der Waals surface area contributed by atoms with Gasteiger partial charge in [0, 0.05) is 44.2 Å². The predicted molar refractivity (Wildman–Crippen MR) is 135 cm³/mol. The number of rotatable bonds is 9. The van der Waals surface area contributed by atoms with Gasteiger partial charge in [-0.05, 0) is 43.0 Å². The highest BCUT2D eigenvalue weighted by atomic mass is 32.2. The zero-order chi connectivity index (χ0) is 24.1. The molecule has 0 bridgehead atoms. The van der Waals surface area contributed by atoms with Gasteiger partial charge in [-0.25, -0.2) is 4.98 Å². The molecule has 0 aliphatic carbocycles. The number of aryl methyl sites for hydroxylation is 2. The molecule has 3 aromatic rings. The summed E-state index contributed by atoms with van der Waals surface area (Å²) in [4.78, 5) is 20.9. The van der Waals surface area contributed by atoms with Crippen LogP contribution in [0.25, 0.3) is 11.0 Å². The van der Waals surface area contributed by atoms with Crippen molar-refractivity contribution in [1.29, 1.82) is 0 Å². The fraction of sp³-hybridized carbons (Fsp3) is 0.440. The number of hydrogen-bond acceptors (Lipinski definition) is 4. The summed E-state index contributed by atoms with van der Waals surface area (Å²) in [5.41, 5.74) is 3.75. The fourth-order valence-corrected chi connectivity index (χ4v) is 6.12. The van der Waals surface area contributed by atoms with Crippen molar-refractivity contribution in [2.24, 2.45) is 5.92 Å². The molecule has 0 radical (unpaired) electrons. The van der Waals surface area contributed by atoms with E-state index in [1.165, 1.54) is 14.2 Å². The van der Waals surface area contributed by atoms with Crippen LogP contribution in [0, 0.1) is 5.92 Å². The van der Waals surface area contributed by atoms with Gasteiger partial charge in [0.25, 0.3) is 10.2 Å². The SMILES string of the molecule is CCN(CC)S(=O)(=O)N1CCC(C(=O)Nc2ccc3nc(CCc4ccccc4)[nH]c3c2)CC1. The second-order valence-corrected chi connectivity index (χ2v) is 10.6. The highest BCUT2D eigenvalue weighted by Gasteiger charge is 2.33. The molecule has 0 spiro atoms. The number of carbonyl (C=O) groups excluding carboxylic acids is 1. The van der Waals surface area contributed by atoms with Crippen LogP contribution in [0.2, 0.25) is 0 Å². The summed E-state index contributed by atoms with van der Waals surface area (Å²) in [6.45, 7) is 5.29. The molecule has 1 fully saturated rings. The van der Waals surface area contributed by atoms with Crippen molar-refractivity contribution in [2.75, 3.05) is 31.5 Å². The predicted octanol–water partition coefficient (Wildman–Crippen LogP) is 3.59. The lowest BCUT2D eigenvalue weighted by molar-refractivity contribution is -0.120. The lowest BCUT2D eigenvalue weighted by Gasteiger charge is -2.33. The molecule has 1 saturated heterocycles. The van der Waals surface area contributed by atoms with Gasteiger partial charge in [0.1, 0.15) is 5.82 Å². The monoisotopic (exact) mass is 483 g/mol. The summed E-state index contributed by atoms with van der Waals surface area (Å²) in [6, 6.07) is 16.0. The highest BCUT2D eigenvalue weighted by molar-refractivity contribution is 7.86. The van der Waals surface area contributed by atoms with Crippen LogP contribution in [0.1, 0.15) is 38.1 Å². The van der Waals surface area contributed by atoms with Crippen LogP contribution in [-0.2, 0) is 27.8 Å². The topological polar surface area (TPSA) is 98.4 Å². The maximum absolute atomic E-state index is 12.9. The molecule has 0 unspecified atom stereocenters.